The number of piperidine rings is 1. The number of thiophene rings is 1. The van der Waals surface area contributed by atoms with E-state index < -0.39 is 24.3 Å². The highest BCUT2D eigenvalue weighted by Gasteiger charge is 2.42. The summed E-state index contributed by atoms with van der Waals surface area (Å²) in [5, 5.41) is 14.2. The number of pyridine rings is 1. The number of likely N-dealkylation sites (tertiary alicyclic amines) is 2. The van der Waals surface area contributed by atoms with E-state index in [0.29, 0.717) is 18.4 Å². The molecule has 0 saturated carbocycles. The number of carbonyl (C=O) groups excluding carboxylic acids is 1. The molecule has 0 aliphatic carbocycles. The number of aliphatic carboxylic acids is 2. The van der Waals surface area contributed by atoms with Gasteiger partial charge >= 0.3 is 24.3 Å². The minimum absolute atomic E-state index is 0.182. The number of hydrogen-bond donors (Lipinski definition) is 2. The average Bonchev–Trinajstić information content (AvgIpc) is 3.42. The zero-order chi connectivity index (χ0) is 28.7. The molecule has 8 nitrogen and oxygen atoms in total. The van der Waals surface area contributed by atoms with Crippen LogP contribution >= 0.6 is 11.3 Å². The maximum atomic E-state index is 12.9. The van der Waals surface area contributed by atoms with Crippen LogP contribution in [0.25, 0.3) is 0 Å². The summed E-state index contributed by atoms with van der Waals surface area (Å²) in [4.78, 5) is 42.0. The summed E-state index contributed by atoms with van der Waals surface area (Å²) in [7, 11) is 0. The number of hydrogen-bond acceptors (Lipinski definition) is 6. The number of alkyl halides is 6. The average molecular weight is 570 g/mol. The molecule has 2 atom stereocenters. The van der Waals surface area contributed by atoms with Crippen molar-refractivity contribution in [3.63, 3.8) is 0 Å². The second kappa shape index (κ2) is 13.0. The van der Waals surface area contributed by atoms with Crippen LogP contribution in [0.1, 0.15) is 21.7 Å². The summed E-state index contributed by atoms with van der Waals surface area (Å²) in [5.74, 6) is -4.46. The maximum Gasteiger partial charge on any atom is 0.490 e. The van der Waals surface area contributed by atoms with Crippen LogP contribution in [0, 0.1) is 18.8 Å². The van der Waals surface area contributed by atoms with Gasteiger partial charge in [0.05, 0.1) is 5.92 Å². The van der Waals surface area contributed by atoms with E-state index in [1.54, 1.807) is 12.4 Å². The molecule has 210 valence electrons. The van der Waals surface area contributed by atoms with E-state index in [1.807, 2.05) is 28.4 Å². The SMILES string of the molecule is Cc1ccc(CN2C[C@@H]3CCN(Cc4ccncc4)C(=O)[C@H]3C2)s1.O=C(O)C(F)(F)F.O=C(O)C(F)(F)F. The topological polar surface area (TPSA) is 111 Å². The van der Waals surface area contributed by atoms with E-state index in [-0.39, 0.29) is 5.92 Å². The summed E-state index contributed by atoms with van der Waals surface area (Å²) in [6.45, 7) is 6.72. The van der Waals surface area contributed by atoms with Gasteiger partial charge in [0, 0.05) is 54.9 Å². The zero-order valence-electron chi connectivity index (χ0n) is 20.0. The highest BCUT2D eigenvalue weighted by atomic mass is 32.1. The van der Waals surface area contributed by atoms with Crippen molar-refractivity contribution in [1.82, 2.24) is 14.8 Å². The molecular formula is C23H25F6N3O5S. The molecule has 0 bridgehead atoms. The summed E-state index contributed by atoms with van der Waals surface area (Å²) in [6.07, 6.45) is -5.44. The Hall–Kier alpha value is -3.20. The Bertz CT molecular complexity index is 1070. The summed E-state index contributed by atoms with van der Waals surface area (Å²) < 4.78 is 63.5. The Morgan fingerprint density at radius 1 is 0.974 bits per heavy atom. The molecule has 0 unspecified atom stereocenters. The lowest BCUT2D eigenvalue weighted by atomic mass is 9.88. The van der Waals surface area contributed by atoms with E-state index in [4.69, 9.17) is 19.8 Å². The predicted octanol–water partition coefficient (Wildman–Crippen LogP) is 4.20. The molecule has 15 heteroatoms. The molecular weight excluding hydrogens is 544 g/mol. The first-order valence-electron chi connectivity index (χ1n) is 11.1. The monoisotopic (exact) mass is 569 g/mol. The van der Waals surface area contributed by atoms with Crippen molar-refractivity contribution in [2.75, 3.05) is 19.6 Å². The normalized spacial score (nSPS) is 19.6. The lowest BCUT2D eigenvalue weighted by Crippen LogP contribution is -2.44. The molecule has 2 aromatic rings. The third kappa shape index (κ3) is 9.59. The van der Waals surface area contributed by atoms with Crippen molar-refractivity contribution in [2.24, 2.45) is 11.8 Å². The number of halogens is 6. The number of carboxylic acid groups (broad SMARTS) is 2. The Balaban J connectivity index is 0.000000301. The fourth-order valence-corrected chi connectivity index (χ4v) is 4.92. The Labute approximate surface area is 217 Å². The number of aromatic nitrogens is 1. The molecule has 2 aliphatic rings. The zero-order valence-corrected chi connectivity index (χ0v) is 20.8. The second-order valence-corrected chi connectivity index (χ2v) is 9.96. The molecule has 1 amide bonds. The van der Waals surface area contributed by atoms with Gasteiger partial charge in [-0.3, -0.25) is 14.7 Å². The fraction of sp³-hybridized carbons (Fsp3) is 0.478. The number of nitrogens with zero attached hydrogens (tertiary/aromatic N) is 3. The number of carbonyl (C=O) groups is 3. The van der Waals surface area contributed by atoms with Gasteiger partial charge in [-0.2, -0.15) is 26.3 Å². The highest BCUT2D eigenvalue weighted by Crippen LogP contribution is 2.34. The van der Waals surface area contributed by atoms with Crippen LogP contribution in [-0.4, -0.2) is 74.8 Å². The van der Waals surface area contributed by atoms with Gasteiger partial charge in [-0.05, 0) is 49.1 Å². The first-order chi connectivity index (χ1) is 17.6. The largest absolute Gasteiger partial charge is 0.490 e. The predicted molar refractivity (Wildman–Crippen MR) is 123 cm³/mol. The van der Waals surface area contributed by atoms with Crippen LogP contribution < -0.4 is 0 Å². The van der Waals surface area contributed by atoms with Gasteiger partial charge in [0.25, 0.3) is 0 Å². The highest BCUT2D eigenvalue weighted by molar-refractivity contribution is 7.11. The lowest BCUT2D eigenvalue weighted by molar-refractivity contribution is -0.193. The molecule has 2 fully saturated rings. The Morgan fingerprint density at radius 2 is 1.53 bits per heavy atom. The number of fused-ring (bicyclic) bond motifs is 1. The molecule has 0 aromatic carbocycles. The maximum absolute atomic E-state index is 12.9. The molecule has 0 spiro atoms. The van der Waals surface area contributed by atoms with E-state index >= 15 is 0 Å². The molecule has 4 rings (SSSR count). The molecule has 2 aromatic heterocycles. The van der Waals surface area contributed by atoms with Crippen LogP contribution in [0.2, 0.25) is 0 Å². The second-order valence-electron chi connectivity index (χ2n) is 8.58. The molecule has 2 saturated heterocycles. The minimum Gasteiger partial charge on any atom is -0.475 e. The Kier molecular flexibility index (Phi) is 10.6. The van der Waals surface area contributed by atoms with Gasteiger partial charge in [0.1, 0.15) is 0 Å². The van der Waals surface area contributed by atoms with Crippen LogP contribution in [0.3, 0.4) is 0 Å². The molecule has 2 aliphatic heterocycles. The van der Waals surface area contributed by atoms with Crippen molar-refractivity contribution in [3.8, 4) is 0 Å². The third-order valence-corrected chi connectivity index (χ3v) is 6.68. The summed E-state index contributed by atoms with van der Waals surface area (Å²) in [5.41, 5.74) is 1.17. The van der Waals surface area contributed by atoms with Gasteiger partial charge in [-0.25, -0.2) is 9.59 Å². The van der Waals surface area contributed by atoms with Gasteiger partial charge < -0.3 is 15.1 Å². The van der Waals surface area contributed by atoms with E-state index in [1.165, 1.54) is 15.3 Å². The first kappa shape index (κ1) is 31.0. The number of carboxylic acids is 2. The molecule has 38 heavy (non-hydrogen) atoms. The Morgan fingerprint density at radius 3 is 2.00 bits per heavy atom. The molecule has 0 radical (unpaired) electrons. The van der Waals surface area contributed by atoms with Crippen LogP contribution in [0.15, 0.2) is 36.7 Å². The van der Waals surface area contributed by atoms with Gasteiger partial charge in [-0.15, -0.1) is 11.3 Å². The number of amides is 1. The van der Waals surface area contributed by atoms with Gasteiger partial charge in [-0.1, -0.05) is 0 Å². The minimum atomic E-state index is -5.08. The fourth-order valence-electron chi connectivity index (χ4n) is 3.98. The number of aryl methyl sites for hydroxylation is 1. The quantitative estimate of drug-likeness (QED) is 0.531. The summed E-state index contributed by atoms with van der Waals surface area (Å²) in [6, 6.07) is 8.41. The number of rotatable bonds is 4. The first-order valence-corrected chi connectivity index (χ1v) is 11.9. The van der Waals surface area contributed by atoms with E-state index in [9.17, 15) is 31.1 Å². The smallest absolute Gasteiger partial charge is 0.475 e. The molecule has 2 N–H and O–H groups in total. The lowest BCUT2D eigenvalue weighted by Gasteiger charge is -2.34. The van der Waals surface area contributed by atoms with Crippen molar-refractivity contribution < 1.29 is 50.9 Å². The van der Waals surface area contributed by atoms with Crippen LogP contribution in [-0.2, 0) is 27.5 Å². The van der Waals surface area contributed by atoms with Crippen molar-refractivity contribution in [1.29, 1.82) is 0 Å². The van der Waals surface area contributed by atoms with Crippen molar-refractivity contribution in [3.05, 3.63) is 52.0 Å². The van der Waals surface area contributed by atoms with Crippen LogP contribution in [0.4, 0.5) is 26.3 Å². The van der Waals surface area contributed by atoms with Crippen LogP contribution in [0.5, 0.6) is 0 Å². The van der Waals surface area contributed by atoms with Crippen molar-refractivity contribution in [2.45, 2.75) is 38.8 Å². The summed E-state index contributed by atoms with van der Waals surface area (Å²) >= 11 is 1.87. The van der Waals surface area contributed by atoms with Gasteiger partial charge in [0.2, 0.25) is 5.91 Å². The van der Waals surface area contributed by atoms with Gasteiger partial charge in [0.15, 0.2) is 0 Å². The van der Waals surface area contributed by atoms with E-state index in [0.717, 1.165) is 32.6 Å². The van der Waals surface area contributed by atoms with E-state index in [2.05, 4.69) is 28.9 Å². The van der Waals surface area contributed by atoms with Crippen molar-refractivity contribution >= 4 is 29.2 Å². The third-order valence-electron chi connectivity index (χ3n) is 5.70. The molecule has 4 heterocycles. The standard InChI is InChI=1S/C19H23N3OS.2C2HF3O2/c1-14-2-3-17(24-14)12-21-11-16-6-9-22(19(23)18(16)13-21)10-15-4-7-20-8-5-15;2*3-2(4,5)1(6)7/h2-5,7-8,16,18H,6,9-13H2,1H3;2*(H,6,7)/t16-,18-;;/m0../s1.